The van der Waals surface area contributed by atoms with E-state index in [0.29, 0.717) is 0 Å². The first-order valence-corrected chi connectivity index (χ1v) is 9.83. The fourth-order valence-corrected chi connectivity index (χ4v) is 4.15. The monoisotopic (exact) mass is 307 g/mol. The Labute approximate surface area is 127 Å². The van der Waals surface area contributed by atoms with Crippen molar-refractivity contribution in [3.8, 4) is 0 Å². The Hall–Kier alpha value is 0.580. The van der Waals surface area contributed by atoms with Crippen LogP contribution < -0.4 is 5.32 Å². The number of rotatable bonds is 0. The fraction of sp³-hybridized carbons (Fsp3) is 1.00. The third kappa shape index (κ3) is 13.3. The maximum absolute atomic E-state index is 4.94. The molecule has 0 radical (unpaired) electrons. The van der Waals surface area contributed by atoms with Crippen LogP contribution in [0.25, 0.3) is 0 Å². The standard InChI is InChI=1S/C6H13N.C4H8O2.C4H8S2/c1-2-4-6-7-5-3-1;1-2-6-4-3-5-1;1-2-5-4-6-3-1/h7H,1-6H2;2*1-4H2. The molecule has 0 unspecified atom stereocenters. The molecule has 0 aliphatic carbocycles. The van der Waals surface area contributed by atoms with Gasteiger partial charge in [0.2, 0.25) is 0 Å². The summed E-state index contributed by atoms with van der Waals surface area (Å²) in [5, 5.41) is 4.68. The molecule has 114 valence electrons. The van der Waals surface area contributed by atoms with Gasteiger partial charge >= 0.3 is 0 Å². The SMILES string of the molecule is C1CCCNCC1.C1COCCO1.C1CSCSC1. The molecular weight excluding hydrogens is 278 g/mol. The zero-order chi connectivity index (χ0) is 13.4. The lowest BCUT2D eigenvalue weighted by Gasteiger charge is -2.09. The summed E-state index contributed by atoms with van der Waals surface area (Å²) < 4.78 is 9.89. The number of thioether (sulfide) groups is 2. The first-order valence-electron chi connectivity index (χ1n) is 7.52. The molecular formula is C14H29NO2S2. The number of hydrogen-bond acceptors (Lipinski definition) is 5. The highest BCUT2D eigenvalue weighted by Crippen LogP contribution is 2.19. The van der Waals surface area contributed by atoms with Gasteiger partial charge in [-0.2, -0.15) is 23.5 Å². The average molecular weight is 308 g/mol. The molecule has 0 atom stereocenters. The molecule has 0 aromatic rings. The van der Waals surface area contributed by atoms with E-state index in [-0.39, 0.29) is 0 Å². The molecule has 0 spiro atoms. The van der Waals surface area contributed by atoms with Crippen LogP contribution in [0.4, 0.5) is 0 Å². The van der Waals surface area contributed by atoms with E-state index < -0.39 is 0 Å². The largest absolute Gasteiger partial charge is 0.377 e. The van der Waals surface area contributed by atoms with Crippen LogP contribution in [0.2, 0.25) is 0 Å². The second-order valence-corrected chi connectivity index (χ2v) is 7.25. The van der Waals surface area contributed by atoms with Crippen molar-refractivity contribution in [1.82, 2.24) is 5.32 Å². The lowest BCUT2D eigenvalue weighted by molar-refractivity contribution is -0.0334. The highest BCUT2D eigenvalue weighted by Gasteiger charge is 1.96. The van der Waals surface area contributed by atoms with Crippen LogP contribution in [0.1, 0.15) is 32.1 Å². The highest BCUT2D eigenvalue weighted by atomic mass is 32.2. The fourth-order valence-electron chi connectivity index (χ4n) is 1.86. The minimum atomic E-state index is 0.778. The zero-order valence-corrected chi connectivity index (χ0v) is 13.7. The Kier molecular flexibility index (Phi) is 13.9. The van der Waals surface area contributed by atoms with Crippen LogP contribution in [0, 0.1) is 0 Å². The normalized spacial score (nSPS) is 24.0. The Balaban J connectivity index is 0.000000143. The van der Waals surface area contributed by atoms with Crippen molar-refractivity contribution in [2.75, 3.05) is 56.1 Å². The van der Waals surface area contributed by atoms with Gasteiger partial charge in [0.05, 0.1) is 26.4 Å². The van der Waals surface area contributed by atoms with Gasteiger partial charge in [-0.05, 0) is 43.9 Å². The van der Waals surface area contributed by atoms with Crippen LogP contribution in [-0.2, 0) is 9.47 Å². The Bertz CT molecular complexity index is 122. The van der Waals surface area contributed by atoms with E-state index in [1.807, 2.05) is 0 Å². The molecule has 3 aliphatic rings. The molecule has 3 saturated heterocycles. The number of ether oxygens (including phenoxy) is 2. The van der Waals surface area contributed by atoms with E-state index in [4.69, 9.17) is 9.47 Å². The van der Waals surface area contributed by atoms with Crippen LogP contribution >= 0.6 is 23.5 Å². The van der Waals surface area contributed by atoms with Gasteiger partial charge in [-0.25, -0.2) is 0 Å². The van der Waals surface area contributed by atoms with Gasteiger partial charge < -0.3 is 14.8 Å². The minimum Gasteiger partial charge on any atom is -0.377 e. The summed E-state index contributed by atoms with van der Waals surface area (Å²) in [5.74, 6) is 2.79. The van der Waals surface area contributed by atoms with E-state index in [9.17, 15) is 0 Å². The van der Waals surface area contributed by atoms with Crippen molar-refractivity contribution < 1.29 is 9.47 Å². The van der Waals surface area contributed by atoms with E-state index in [2.05, 4.69) is 28.8 Å². The van der Waals surface area contributed by atoms with Crippen LogP contribution in [-0.4, -0.2) is 56.1 Å². The van der Waals surface area contributed by atoms with Crippen molar-refractivity contribution in [3.05, 3.63) is 0 Å². The minimum absolute atomic E-state index is 0.778. The third-order valence-electron chi connectivity index (χ3n) is 2.95. The molecule has 0 amide bonds. The molecule has 3 nitrogen and oxygen atoms in total. The van der Waals surface area contributed by atoms with Gasteiger partial charge in [0.15, 0.2) is 0 Å². The van der Waals surface area contributed by atoms with Crippen molar-refractivity contribution >= 4 is 23.5 Å². The molecule has 0 aromatic carbocycles. The predicted octanol–water partition coefficient (Wildman–Crippen LogP) is 3.00. The number of hydrogen-bond donors (Lipinski definition) is 1. The number of nitrogens with one attached hydrogen (secondary N) is 1. The van der Waals surface area contributed by atoms with E-state index in [1.165, 1.54) is 61.8 Å². The molecule has 5 heteroatoms. The lowest BCUT2D eigenvalue weighted by Crippen LogP contribution is -2.16. The van der Waals surface area contributed by atoms with Gasteiger partial charge in [0.25, 0.3) is 0 Å². The molecule has 0 saturated carbocycles. The van der Waals surface area contributed by atoms with Gasteiger partial charge in [0.1, 0.15) is 0 Å². The maximum Gasteiger partial charge on any atom is 0.0701 e. The first kappa shape index (κ1) is 17.6. The second-order valence-electron chi connectivity index (χ2n) is 4.68. The zero-order valence-electron chi connectivity index (χ0n) is 12.0. The summed E-state index contributed by atoms with van der Waals surface area (Å²) >= 11 is 4.12. The van der Waals surface area contributed by atoms with Crippen LogP contribution in [0.3, 0.4) is 0 Å². The van der Waals surface area contributed by atoms with Gasteiger partial charge in [-0.1, -0.05) is 12.8 Å². The van der Waals surface area contributed by atoms with Gasteiger partial charge in [0, 0.05) is 5.08 Å². The Morgan fingerprint density at radius 2 is 1.16 bits per heavy atom. The van der Waals surface area contributed by atoms with Gasteiger partial charge in [-0.15, -0.1) is 0 Å². The second kappa shape index (κ2) is 15.0. The Morgan fingerprint density at radius 1 is 0.632 bits per heavy atom. The van der Waals surface area contributed by atoms with E-state index in [1.54, 1.807) is 0 Å². The summed E-state index contributed by atoms with van der Waals surface area (Å²) in [5.41, 5.74) is 0. The van der Waals surface area contributed by atoms with Crippen molar-refractivity contribution in [3.63, 3.8) is 0 Å². The van der Waals surface area contributed by atoms with Crippen molar-refractivity contribution in [2.45, 2.75) is 32.1 Å². The molecule has 1 N–H and O–H groups in total. The molecule has 3 rings (SSSR count). The predicted molar refractivity (Wildman–Crippen MR) is 87.4 cm³/mol. The van der Waals surface area contributed by atoms with Crippen LogP contribution in [0.15, 0.2) is 0 Å². The first-order chi connectivity index (χ1) is 9.50. The summed E-state index contributed by atoms with van der Waals surface area (Å²) in [6.45, 7) is 5.61. The summed E-state index contributed by atoms with van der Waals surface area (Å²) in [6, 6.07) is 0. The Morgan fingerprint density at radius 3 is 1.47 bits per heavy atom. The summed E-state index contributed by atoms with van der Waals surface area (Å²) in [6.07, 6.45) is 7.08. The van der Waals surface area contributed by atoms with Crippen molar-refractivity contribution in [2.24, 2.45) is 0 Å². The third-order valence-corrected chi connectivity index (χ3v) is 5.43. The van der Waals surface area contributed by atoms with Crippen molar-refractivity contribution in [1.29, 1.82) is 0 Å². The molecule has 0 aromatic heterocycles. The molecule has 3 aliphatic heterocycles. The van der Waals surface area contributed by atoms with E-state index >= 15 is 0 Å². The van der Waals surface area contributed by atoms with Crippen LogP contribution in [0.5, 0.6) is 0 Å². The van der Waals surface area contributed by atoms with Gasteiger partial charge in [-0.3, -0.25) is 0 Å². The average Bonchev–Trinajstić information content (AvgIpc) is 2.85. The smallest absolute Gasteiger partial charge is 0.0701 e. The summed E-state index contributed by atoms with van der Waals surface area (Å²) in [7, 11) is 0. The maximum atomic E-state index is 4.94. The lowest BCUT2D eigenvalue weighted by atomic mass is 10.2. The topological polar surface area (TPSA) is 30.5 Å². The molecule has 19 heavy (non-hydrogen) atoms. The molecule has 3 heterocycles. The summed E-state index contributed by atoms with van der Waals surface area (Å²) in [4.78, 5) is 0. The molecule has 3 fully saturated rings. The quantitative estimate of drug-likeness (QED) is 0.743. The highest BCUT2D eigenvalue weighted by molar-refractivity contribution is 8.16. The van der Waals surface area contributed by atoms with E-state index in [0.717, 1.165) is 26.4 Å². The molecule has 0 bridgehead atoms.